The minimum Gasteiger partial charge on any atom is -0.345 e. The van der Waals surface area contributed by atoms with E-state index >= 15 is 13.2 Å². The first-order chi connectivity index (χ1) is 17.7. The summed E-state index contributed by atoms with van der Waals surface area (Å²) in [6.07, 6.45) is 3.85. The number of carbonyl (C=O) groups excluding carboxylic acids is 1. The Morgan fingerprint density at radius 3 is 2.27 bits per heavy atom. The van der Waals surface area contributed by atoms with Crippen LogP contribution in [0.1, 0.15) is 45.5 Å². The zero-order valence-electron chi connectivity index (χ0n) is 20.7. The van der Waals surface area contributed by atoms with E-state index in [1.165, 1.54) is 37.5 Å². The molecule has 0 bridgehead atoms. The number of halogens is 5. The molecule has 9 heteroatoms. The molecule has 3 fully saturated rings. The zero-order chi connectivity index (χ0) is 26.2. The fourth-order valence-corrected chi connectivity index (χ4v) is 5.98. The molecule has 2 atom stereocenters. The zero-order valence-corrected chi connectivity index (χ0v) is 20.7. The first kappa shape index (κ1) is 26.1. The maximum absolute atomic E-state index is 15.2. The highest BCUT2D eigenvalue weighted by Gasteiger charge is 2.50. The third-order valence-electron chi connectivity index (χ3n) is 8.18. The summed E-state index contributed by atoms with van der Waals surface area (Å²) in [4.78, 5) is 17.5. The topological polar surface area (TPSA) is 35.6 Å². The molecule has 1 N–H and O–H groups in total. The van der Waals surface area contributed by atoms with Crippen molar-refractivity contribution in [1.82, 2.24) is 15.1 Å². The number of amides is 1. The third kappa shape index (κ3) is 5.67. The van der Waals surface area contributed by atoms with Crippen molar-refractivity contribution in [2.75, 3.05) is 26.2 Å². The monoisotopic (exact) mass is 523 g/mol. The van der Waals surface area contributed by atoms with Crippen molar-refractivity contribution < 1.29 is 28.2 Å². The van der Waals surface area contributed by atoms with Crippen molar-refractivity contribution in [3.05, 3.63) is 59.4 Å². The Labute approximate surface area is 215 Å². The highest BCUT2D eigenvalue weighted by Crippen LogP contribution is 2.37. The van der Waals surface area contributed by atoms with E-state index in [2.05, 4.69) is 15.1 Å². The van der Waals surface area contributed by atoms with Crippen LogP contribution in [0, 0.1) is 17.5 Å². The molecule has 2 aromatic rings. The summed E-state index contributed by atoms with van der Waals surface area (Å²) in [6.45, 7) is 3.05. The highest BCUT2D eigenvalue weighted by molar-refractivity contribution is 5.80. The number of nitrogens with zero attached hydrogens (tertiary/aromatic N) is 2. The van der Waals surface area contributed by atoms with Crippen molar-refractivity contribution in [3.8, 4) is 11.1 Å². The molecule has 0 spiro atoms. The van der Waals surface area contributed by atoms with Gasteiger partial charge < -0.3 is 5.32 Å². The van der Waals surface area contributed by atoms with E-state index in [0.717, 1.165) is 25.2 Å². The van der Waals surface area contributed by atoms with Crippen LogP contribution in [-0.2, 0) is 11.2 Å². The predicted octanol–water partition coefficient (Wildman–Crippen LogP) is 5.40. The molecule has 2 aliphatic carbocycles. The smallest absolute Gasteiger partial charge is 0.269 e. The molecule has 4 nitrogen and oxygen atoms in total. The molecule has 0 aromatic heterocycles. The van der Waals surface area contributed by atoms with Crippen LogP contribution < -0.4 is 5.32 Å². The molecular weight excluding hydrogens is 489 g/mol. The number of carbonyl (C=O) groups is 1. The largest absolute Gasteiger partial charge is 0.345 e. The predicted molar refractivity (Wildman–Crippen MR) is 133 cm³/mol. The van der Waals surface area contributed by atoms with Gasteiger partial charge in [0.05, 0.1) is 6.42 Å². The average Bonchev–Trinajstić information content (AvgIpc) is 2.80. The molecule has 202 valence electrons. The maximum Gasteiger partial charge on any atom is 0.269 e. The Hall–Kier alpha value is -2.52. The van der Waals surface area contributed by atoms with Crippen molar-refractivity contribution >= 4 is 5.91 Å². The third-order valence-corrected chi connectivity index (χ3v) is 8.18. The first-order valence-electron chi connectivity index (χ1n) is 13.1. The molecule has 0 unspecified atom stereocenters. The summed E-state index contributed by atoms with van der Waals surface area (Å²) in [6, 6.07) is 5.68. The molecule has 2 saturated carbocycles. The molecule has 1 saturated heterocycles. The molecule has 1 aliphatic heterocycles. The Bertz CT molecular complexity index is 1120. The maximum atomic E-state index is 15.2. The molecule has 1 amide bonds. The number of nitrogens with one attached hydrogen (secondary N) is 1. The fourth-order valence-electron chi connectivity index (χ4n) is 5.98. The van der Waals surface area contributed by atoms with Crippen LogP contribution in [-0.4, -0.2) is 65.9 Å². The van der Waals surface area contributed by atoms with Gasteiger partial charge in [-0.3, -0.25) is 14.6 Å². The highest BCUT2D eigenvalue weighted by atomic mass is 19.3. The minimum atomic E-state index is -3.07. The van der Waals surface area contributed by atoms with E-state index in [1.54, 1.807) is 0 Å². The Morgan fingerprint density at radius 1 is 0.946 bits per heavy atom. The molecule has 5 rings (SSSR count). The summed E-state index contributed by atoms with van der Waals surface area (Å²) in [5.41, 5.74) is -0.0875. The van der Waals surface area contributed by atoms with Crippen LogP contribution in [0.5, 0.6) is 0 Å². The number of piperazine rings is 1. The van der Waals surface area contributed by atoms with E-state index in [1.807, 2.05) is 0 Å². The fraction of sp³-hybridized carbons (Fsp3) is 0.536. The van der Waals surface area contributed by atoms with Gasteiger partial charge in [0.25, 0.3) is 5.92 Å². The number of hydrogen-bond donors (Lipinski definition) is 1. The Kier molecular flexibility index (Phi) is 7.54. The minimum absolute atomic E-state index is 0. The van der Waals surface area contributed by atoms with E-state index < -0.39 is 47.8 Å². The quantitative estimate of drug-likeness (QED) is 0.515. The van der Waals surface area contributed by atoms with E-state index in [0.29, 0.717) is 38.0 Å². The molecule has 3 aliphatic rings. The molecule has 1 heterocycles. The van der Waals surface area contributed by atoms with Crippen LogP contribution in [0.4, 0.5) is 22.0 Å². The van der Waals surface area contributed by atoms with Gasteiger partial charge in [-0.2, -0.15) is 0 Å². The molecule has 2 aromatic carbocycles. The van der Waals surface area contributed by atoms with E-state index in [4.69, 9.17) is 0 Å². The van der Waals surface area contributed by atoms with Crippen LogP contribution in [0.2, 0.25) is 0 Å². The van der Waals surface area contributed by atoms with Gasteiger partial charge in [0, 0.05) is 57.7 Å². The first-order valence-corrected chi connectivity index (χ1v) is 13.1. The lowest BCUT2D eigenvalue weighted by molar-refractivity contribution is -0.133. The lowest BCUT2D eigenvalue weighted by Gasteiger charge is -2.49. The van der Waals surface area contributed by atoms with Gasteiger partial charge in [0.2, 0.25) is 5.91 Å². The number of hydrogen-bond acceptors (Lipinski definition) is 3. The summed E-state index contributed by atoms with van der Waals surface area (Å²) in [7, 11) is 0. The molecule has 0 radical (unpaired) electrons. The van der Waals surface area contributed by atoms with Gasteiger partial charge >= 0.3 is 0 Å². The van der Waals surface area contributed by atoms with Crippen molar-refractivity contribution in [3.63, 3.8) is 0 Å². The van der Waals surface area contributed by atoms with Gasteiger partial charge in [-0.25, -0.2) is 22.0 Å². The summed E-state index contributed by atoms with van der Waals surface area (Å²) >= 11 is 0. The summed E-state index contributed by atoms with van der Waals surface area (Å²) in [5.74, 6) is -6.27. The van der Waals surface area contributed by atoms with Gasteiger partial charge in [0.1, 0.15) is 23.5 Å². The summed E-state index contributed by atoms with van der Waals surface area (Å²) < 4.78 is 72.7. The lowest BCUT2D eigenvalue weighted by Crippen LogP contribution is -2.65. The lowest BCUT2D eigenvalue weighted by atomic mass is 9.85. The molecular formula is C28H34F5N3O. The Morgan fingerprint density at radius 2 is 1.62 bits per heavy atom. The van der Waals surface area contributed by atoms with Crippen molar-refractivity contribution in [2.45, 2.75) is 69.0 Å². The number of alkyl halides is 2. The molecule has 37 heavy (non-hydrogen) atoms. The van der Waals surface area contributed by atoms with E-state index in [9.17, 15) is 13.6 Å². The average molecular weight is 524 g/mol. The second-order valence-electron chi connectivity index (χ2n) is 10.5. The number of benzene rings is 2. The van der Waals surface area contributed by atoms with Crippen LogP contribution in [0.3, 0.4) is 0 Å². The second kappa shape index (κ2) is 10.7. The van der Waals surface area contributed by atoms with Crippen molar-refractivity contribution in [1.29, 1.82) is 0 Å². The second-order valence-corrected chi connectivity index (χ2v) is 10.5. The Balaban J connectivity index is 0.00000336. The van der Waals surface area contributed by atoms with Gasteiger partial charge in [-0.05, 0) is 48.9 Å². The van der Waals surface area contributed by atoms with Crippen molar-refractivity contribution in [2.24, 2.45) is 0 Å². The van der Waals surface area contributed by atoms with Gasteiger partial charge in [-0.15, -0.1) is 0 Å². The van der Waals surface area contributed by atoms with E-state index in [-0.39, 0.29) is 24.5 Å². The normalized spacial score (nSPS) is 25.0. The number of rotatable bonds is 6. The van der Waals surface area contributed by atoms with Gasteiger partial charge in [0.15, 0.2) is 0 Å². The van der Waals surface area contributed by atoms with Crippen LogP contribution in [0.15, 0.2) is 36.4 Å². The van der Waals surface area contributed by atoms with Crippen LogP contribution in [0.25, 0.3) is 11.1 Å². The van der Waals surface area contributed by atoms with Crippen LogP contribution >= 0.6 is 0 Å². The summed E-state index contributed by atoms with van der Waals surface area (Å²) in [5, 5.41) is 2.54. The SMILES string of the molecule is O=C(Cc1cccc(-c2cc(F)cc(F)c2)c1F)N[C@@H]1[C@@H](N2CCN(C3CCC3)CC2)CCCC1(F)F.[HH]. The van der Waals surface area contributed by atoms with Gasteiger partial charge in [-0.1, -0.05) is 24.6 Å². The standard InChI is InChI=1S/C28H32F5N3O.H2/c29-20-14-19(15-21(30)17-20)23-7-1-4-18(26(23)31)16-25(37)34-27-24(8-3-9-28(27,32)33)36-12-10-35(11-13-36)22-5-2-6-22;/h1,4,7,14-15,17,22,24,27H,2-3,5-6,8-13,16H2,(H,34,37);1H/t24-,27+;/m0./s1.